The van der Waals surface area contributed by atoms with Crippen molar-refractivity contribution in [2.45, 2.75) is 6.04 Å². The van der Waals surface area contributed by atoms with Crippen molar-refractivity contribution in [3.05, 3.63) is 0 Å². The maximum Gasteiger partial charge on any atom is 1.00 e. The number of alkyl halides is 1. The maximum absolute atomic E-state index is 11.1. The van der Waals surface area contributed by atoms with E-state index in [0.717, 1.165) is 0 Å². The number of carboxylic acids is 1. The van der Waals surface area contributed by atoms with Crippen molar-refractivity contribution in [3.8, 4) is 0 Å². The van der Waals surface area contributed by atoms with Gasteiger partial charge in [0.25, 0.3) is 0 Å². The molecule has 0 aliphatic carbocycles. The van der Waals surface area contributed by atoms with Crippen molar-refractivity contribution in [1.82, 2.24) is 0 Å². The number of halogens is 1. The number of hydrogen-bond donors (Lipinski definition) is 1. The van der Waals surface area contributed by atoms with Crippen LogP contribution in [0.5, 0.6) is 0 Å². The van der Waals surface area contributed by atoms with E-state index in [-0.39, 0.29) is 51.4 Å². The molecule has 0 radical (unpaired) electrons. The zero-order chi connectivity index (χ0) is 5.86. The summed E-state index contributed by atoms with van der Waals surface area (Å²) >= 11 is 0. The van der Waals surface area contributed by atoms with Crippen LogP contribution in [0.1, 0.15) is 0 Å². The third-order valence-corrected chi connectivity index (χ3v) is 0.469. The van der Waals surface area contributed by atoms with E-state index in [0.29, 0.717) is 0 Å². The van der Waals surface area contributed by atoms with Gasteiger partial charge in [-0.3, -0.25) is 0 Å². The van der Waals surface area contributed by atoms with Gasteiger partial charge >= 0.3 is 51.4 Å². The third kappa shape index (κ3) is 5.14. The summed E-state index contributed by atoms with van der Waals surface area (Å²) in [5.41, 5.74) is 4.58. The number of carbonyl (C=O) groups is 1. The zero-order valence-electron chi connectivity index (χ0n) is 4.56. The first-order valence-corrected chi connectivity index (χ1v) is 1.71. The average molecular weight is 145 g/mol. The summed E-state index contributed by atoms with van der Waals surface area (Å²) in [6.07, 6.45) is 0. The second-order valence-electron chi connectivity index (χ2n) is 1.08. The Morgan fingerprint density at radius 3 is 2.25 bits per heavy atom. The van der Waals surface area contributed by atoms with E-state index in [1.807, 2.05) is 0 Å². The van der Waals surface area contributed by atoms with Crippen LogP contribution in [0, 0.1) is 0 Å². The Bertz CT molecular complexity index is 79.7. The minimum atomic E-state index is -1.55. The van der Waals surface area contributed by atoms with Gasteiger partial charge in [-0.05, 0) is 0 Å². The minimum absolute atomic E-state index is 0. The molecular formula is C3H5FKNO2. The van der Waals surface area contributed by atoms with Crippen LogP contribution in [0.4, 0.5) is 4.39 Å². The molecule has 0 saturated carbocycles. The standard InChI is InChI=1S/C3H6FNO2.K/c4-1-2(5)3(6)7;/h2H,1,5H2,(H,6,7);/q;+1/p-1/t2-;/m1./s1. The molecule has 1 atom stereocenters. The number of nitrogens with two attached hydrogens (primary N) is 1. The molecule has 42 valence electrons. The van der Waals surface area contributed by atoms with Crippen molar-refractivity contribution in [2.75, 3.05) is 6.67 Å². The van der Waals surface area contributed by atoms with E-state index in [1.165, 1.54) is 0 Å². The first-order chi connectivity index (χ1) is 3.18. The molecule has 3 nitrogen and oxygen atoms in total. The summed E-state index contributed by atoms with van der Waals surface area (Å²) in [4.78, 5) is 9.45. The molecule has 0 amide bonds. The van der Waals surface area contributed by atoms with Gasteiger partial charge in [-0.15, -0.1) is 0 Å². The Balaban J connectivity index is 0. The fraction of sp³-hybridized carbons (Fsp3) is 0.667. The van der Waals surface area contributed by atoms with Gasteiger partial charge < -0.3 is 15.6 Å². The molecule has 0 rings (SSSR count). The second kappa shape index (κ2) is 6.12. The number of rotatable bonds is 2. The van der Waals surface area contributed by atoms with Gasteiger partial charge in [0.05, 0.1) is 12.0 Å². The van der Waals surface area contributed by atoms with Crippen molar-refractivity contribution < 1.29 is 65.7 Å². The van der Waals surface area contributed by atoms with Crippen LogP contribution in [-0.2, 0) is 4.79 Å². The summed E-state index contributed by atoms with van der Waals surface area (Å²) in [5, 5.41) is 9.45. The molecule has 0 saturated heterocycles. The van der Waals surface area contributed by atoms with Crippen molar-refractivity contribution in [1.29, 1.82) is 0 Å². The SMILES string of the molecule is N[C@H](CF)C(=O)[O-].[K+]. The van der Waals surface area contributed by atoms with Crippen LogP contribution >= 0.6 is 0 Å². The molecule has 8 heavy (non-hydrogen) atoms. The monoisotopic (exact) mass is 145 g/mol. The first-order valence-electron chi connectivity index (χ1n) is 1.71. The Kier molecular flexibility index (Phi) is 8.99. The number of aliphatic carboxylic acids is 1. The van der Waals surface area contributed by atoms with E-state index in [4.69, 9.17) is 0 Å². The molecule has 0 bridgehead atoms. The summed E-state index contributed by atoms with van der Waals surface area (Å²) in [6.45, 7) is -1.07. The Morgan fingerprint density at radius 1 is 1.88 bits per heavy atom. The smallest absolute Gasteiger partial charge is 0.548 e. The van der Waals surface area contributed by atoms with E-state index in [2.05, 4.69) is 5.73 Å². The van der Waals surface area contributed by atoms with E-state index >= 15 is 0 Å². The Hall–Kier alpha value is 0.996. The van der Waals surface area contributed by atoms with Crippen molar-refractivity contribution in [3.63, 3.8) is 0 Å². The molecule has 0 aromatic heterocycles. The summed E-state index contributed by atoms with van der Waals surface area (Å²) < 4.78 is 11.1. The Labute approximate surface area is 88.9 Å². The fourth-order valence-corrected chi connectivity index (χ4v) is 0.0630. The van der Waals surface area contributed by atoms with Crippen LogP contribution in [0.15, 0.2) is 0 Å². The molecule has 5 heteroatoms. The molecule has 0 aromatic carbocycles. The number of carbonyl (C=O) groups excluding carboxylic acids is 1. The van der Waals surface area contributed by atoms with Gasteiger partial charge in [0.15, 0.2) is 0 Å². The predicted octanol–water partition coefficient (Wildman–Crippen LogP) is -4.96. The van der Waals surface area contributed by atoms with Crippen molar-refractivity contribution in [2.24, 2.45) is 5.73 Å². The third-order valence-electron chi connectivity index (χ3n) is 0.469. The van der Waals surface area contributed by atoms with Gasteiger partial charge in [-0.2, -0.15) is 0 Å². The van der Waals surface area contributed by atoms with Gasteiger partial charge in [0, 0.05) is 0 Å². The molecule has 2 N–H and O–H groups in total. The second-order valence-corrected chi connectivity index (χ2v) is 1.08. The topological polar surface area (TPSA) is 66.2 Å². The molecule has 0 fully saturated rings. The number of hydrogen-bond acceptors (Lipinski definition) is 3. The van der Waals surface area contributed by atoms with Crippen LogP contribution in [0.2, 0.25) is 0 Å². The van der Waals surface area contributed by atoms with E-state index in [9.17, 15) is 14.3 Å². The molecule has 0 aliphatic rings. The van der Waals surface area contributed by atoms with E-state index < -0.39 is 18.7 Å². The van der Waals surface area contributed by atoms with Gasteiger partial charge in [-0.25, -0.2) is 4.39 Å². The normalized spacial score (nSPS) is 11.8. The van der Waals surface area contributed by atoms with Crippen LogP contribution < -0.4 is 62.2 Å². The minimum Gasteiger partial charge on any atom is -0.548 e. The predicted molar refractivity (Wildman–Crippen MR) is 19.0 cm³/mol. The molecular weight excluding hydrogens is 140 g/mol. The fourth-order valence-electron chi connectivity index (χ4n) is 0.0630. The molecule has 0 aromatic rings. The average Bonchev–Trinajstić information content (AvgIpc) is 1.65. The van der Waals surface area contributed by atoms with Crippen molar-refractivity contribution >= 4 is 5.97 Å². The summed E-state index contributed by atoms with van der Waals surface area (Å²) in [6, 6.07) is -1.46. The molecule has 0 spiro atoms. The zero-order valence-corrected chi connectivity index (χ0v) is 7.68. The van der Waals surface area contributed by atoms with Gasteiger partial charge in [0.1, 0.15) is 6.67 Å². The first kappa shape index (κ1) is 11.8. The summed E-state index contributed by atoms with van der Waals surface area (Å²) in [5.74, 6) is -1.55. The molecule has 0 aliphatic heterocycles. The van der Waals surface area contributed by atoms with Crippen LogP contribution in [-0.4, -0.2) is 18.7 Å². The van der Waals surface area contributed by atoms with Gasteiger partial charge in [-0.1, -0.05) is 0 Å². The number of carboxylic acid groups (broad SMARTS) is 1. The molecule has 0 unspecified atom stereocenters. The van der Waals surface area contributed by atoms with Crippen LogP contribution in [0.25, 0.3) is 0 Å². The maximum atomic E-state index is 11.1. The summed E-state index contributed by atoms with van der Waals surface area (Å²) in [7, 11) is 0. The quantitative estimate of drug-likeness (QED) is 0.396. The van der Waals surface area contributed by atoms with E-state index in [1.54, 1.807) is 0 Å². The molecule has 0 heterocycles. The van der Waals surface area contributed by atoms with Crippen LogP contribution in [0.3, 0.4) is 0 Å². The Morgan fingerprint density at radius 2 is 2.25 bits per heavy atom. The van der Waals surface area contributed by atoms with Gasteiger partial charge in [0.2, 0.25) is 0 Å². The largest absolute Gasteiger partial charge is 1.00 e.